The summed E-state index contributed by atoms with van der Waals surface area (Å²) >= 11 is 0. The first kappa shape index (κ1) is 11.6. The molecule has 2 rings (SSSR count). The van der Waals surface area contributed by atoms with Gasteiger partial charge < -0.3 is 9.15 Å². The predicted molar refractivity (Wildman–Crippen MR) is 64.4 cm³/mol. The first-order valence-electron chi connectivity index (χ1n) is 5.35. The molecular formula is C14H14O3. The van der Waals surface area contributed by atoms with E-state index in [0.29, 0.717) is 12.0 Å². The van der Waals surface area contributed by atoms with Crippen LogP contribution < -0.4 is 0 Å². The zero-order chi connectivity index (χ0) is 12.3. The Hall–Kier alpha value is -1.87. The van der Waals surface area contributed by atoms with Gasteiger partial charge in [-0.3, -0.25) is 4.79 Å². The Bertz CT molecular complexity index is 480. The second-order valence-corrected chi connectivity index (χ2v) is 3.91. The van der Waals surface area contributed by atoms with Gasteiger partial charge in [0.25, 0.3) is 0 Å². The SMILES string of the molecule is C=C(C=O)C1=CCC(OC)(c2ccco2)C=C1. The number of aldehydes is 1. The number of ether oxygens (including phenoxy) is 1. The largest absolute Gasteiger partial charge is 0.466 e. The molecule has 0 amide bonds. The minimum Gasteiger partial charge on any atom is -0.466 e. The standard InChI is InChI=1S/C14H14O3/c1-11(10-15)12-5-7-14(16-2,8-6-12)13-4-3-9-17-13/h3-7,9-10H,1,8H2,2H3. The molecule has 0 bridgehead atoms. The number of methoxy groups -OCH3 is 1. The molecule has 0 saturated carbocycles. The molecule has 1 atom stereocenters. The smallest absolute Gasteiger partial charge is 0.150 e. The fourth-order valence-corrected chi connectivity index (χ4v) is 1.88. The molecule has 0 radical (unpaired) electrons. The molecule has 0 aliphatic heterocycles. The van der Waals surface area contributed by atoms with E-state index in [-0.39, 0.29) is 0 Å². The lowest BCUT2D eigenvalue weighted by molar-refractivity contribution is -0.104. The van der Waals surface area contributed by atoms with Crippen molar-refractivity contribution in [3.8, 4) is 0 Å². The van der Waals surface area contributed by atoms with Crippen molar-refractivity contribution in [1.29, 1.82) is 0 Å². The fraction of sp³-hybridized carbons (Fsp3) is 0.214. The second kappa shape index (κ2) is 4.55. The zero-order valence-electron chi connectivity index (χ0n) is 9.68. The van der Waals surface area contributed by atoms with Crippen LogP contribution in [0.5, 0.6) is 0 Å². The maximum Gasteiger partial charge on any atom is 0.150 e. The van der Waals surface area contributed by atoms with Crippen LogP contribution in [-0.4, -0.2) is 13.4 Å². The lowest BCUT2D eigenvalue weighted by atomic mass is 9.88. The average molecular weight is 230 g/mol. The zero-order valence-corrected chi connectivity index (χ0v) is 9.68. The predicted octanol–water partition coefficient (Wildman–Crippen LogP) is 2.76. The van der Waals surface area contributed by atoms with E-state index in [9.17, 15) is 4.79 Å². The topological polar surface area (TPSA) is 39.4 Å². The summed E-state index contributed by atoms with van der Waals surface area (Å²) in [5, 5.41) is 0. The van der Waals surface area contributed by atoms with Crippen LogP contribution in [0.3, 0.4) is 0 Å². The molecule has 3 heteroatoms. The van der Waals surface area contributed by atoms with Gasteiger partial charge >= 0.3 is 0 Å². The third kappa shape index (κ3) is 2.01. The Kier molecular flexibility index (Phi) is 3.11. The Morgan fingerprint density at radius 3 is 2.94 bits per heavy atom. The quantitative estimate of drug-likeness (QED) is 0.589. The molecule has 0 aromatic carbocycles. The minimum absolute atomic E-state index is 0.477. The third-order valence-electron chi connectivity index (χ3n) is 2.97. The molecule has 1 aromatic rings. The van der Waals surface area contributed by atoms with E-state index in [1.165, 1.54) is 0 Å². The average Bonchev–Trinajstić information content (AvgIpc) is 2.92. The van der Waals surface area contributed by atoms with E-state index in [1.807, 2.05) is 30.4 Å². The molecule has 17 heavy (non-hydrogen) atoms. The van der Waals surface area contributed by atoms with Gasteiger partial charge in [0.05, 0.1) is 6.26 Å². The van der Waals surface area contributed by atoms with Crippen LogP contribution in [0.4, 0.5) is 0 Å². The Balaban J connectivity index is 2.28. The summed E-state index contributed by atoms with van der Waals surface area (Å²) in [5.41, 5.74) is 0.737. The van der Waals surface area contributed by atoms with Crippen LogP contribution in [0.1, 0.15) is 12.2 Å². The van der Waals surface area contributed by atoms with Crippen LogP contribution >= 0.6 is 0 Å². The summed E-state index contributed by atoms with van der Waals surface area (Å²) < 4.78 is 10.9. The van der Waals surface area contributed by atoms with Gasteiger partial charge in [0.2, 0.25) is 0 Å². The van der Waals surface area contributed by atoms with Gasteiger partial charge in [0.1, 0.15) is 17.6 Å². The Labute approximate surface area is 100 Å². The summed E-state index contributed by atoms with van der Waals surface area (Å²) in [5.74, 6) is 0.753. The molecule has 1 aliphatic rings. The summed E-state index contributed by atoms with van der Waals surface area (Å²) in [6.07, 6.45) is 8.66. The van der Waals surface area contributed by atoms with Crippen molar-refractivity contribution in [2.24, 2.45) is 0 Å². The lowest BCUT2D eigenvalue weighted by Crippen LogP contribution is -2.26. The number of carbonyl (C=O) groups is 1. The van der Waals surface area contributed by atoms with Crippen molar-refractivity contribution in [2.75, 3.05) is 7.11 Å². The molecule has 1 aromatic heterocycles. The highest BCUT2D eigenvalue weighted by Crippen LogP contribution is 2.35. The van der Waals surface area contributed by atoms with Crippen molar-refractivity contribution >= 4 is 6.29 Å². The summed E-state index contributed by atoms with van der Waals surface area (Å²) in [6, 6.07) is 3.70. The summed E-state index contributed by atoms with van der Waals surface area (Å²) in [4.78, 5) is 10.6. The first-order valence-corrected chi connectivity index (χ1v) is 5.35. The number of hydrogen-bond donors (Lipinski definition) is 0. The number of furan rings is 1. The maximum absolute atomic E-state index is 10.6. The van der Waals surface area contributed by atoms with Crippen LogP contribution in [0.25, 0.3) is 0 Å². The van der Waals surface area contributed by atoms with Gasteiger partial charge in [-0.1, -0.05) is 18.7 Å². The number of hydrogen-bond acceptors (Lipinski definition) is 3. The van der Waals surface area contributed by atoms with Crippen LogP contribution in [0, 0.1) is 0 Å². The highest BCUT2D eigenvalue weighted by Gasteiger charge is 2.33. The number of allylic oxidation sites excluding steroid dienone is 3. The van der Waals surface area contributed by atoms with Gasteiger partial charge in [-0.2, -0.15) is 0 Å². The summed E-state index contributed by atoms with van der Waals surface area (Å²) in [6.45, 7) is 3.68. The number of carbonyl (C=O) groups excluding carboxylic acids is 1. The molecule has 3 nitrogen and oxygen atoms in total. The van der Waals surface area contributed by atoms with Gasteiger partial charge in [0.15, 0.2) is 0 Å². The fourth-order valence-electron chi connectivity index (χ4n) is 1.88. The lowest BCUT2D eigenvalue weighted by Gasteiger charge is -2.28. The molecule has 0 saturated heterocycles. The van der Waals surface area contributed by atoms with E-state index in [4.69, 9.17) is 9.15 Å². The van der Waals surface area contributed by atoms with E-state index in [0.717, 1.165) is 17.6 Å². The highest BCUT2D eigenvalue weighted by molar-refractivity contribution is 5.81. The highest BCUT2D eigenvalue weighted by atomic mass is 16.5. The molecule has 1 unspecified atom stereocenters. The van der Waals surface area contributed by atoms with Crippen molar-refractivity contribution in [3.63, 3.8) is 0 Å². The summed E-state index contributed by atoms with van der Waals surface area (Å²) in [7, 11) is 1.64. The van der Waals surface area contributed by atoms with Gasteiger partial charge in [-0.05, 0) is 23.8 Å². The molecule has 1 aliphatic carbocycles. The molecule has 1 heterocycles. The van der Waals surface area contributed by atoms with Crippen molar-refractivity contribution in [3.05, 3.63) is 60.1 Å². The van der Waals surface area contributed by atoms with E-state index in [2.05, 4.69) is 6.58 Å². The molecule has 88 valence electrons. The molecule has 0 spiro atoms. The first-order chi connectivity index (χ1) is 8.22. The van der Waals surface area contributed by atoms with Gasteiger partial charge in [0, 0.05) is 19.1 Å². The molecule has 0 N–H and O–H groups in total. The minimum atomic E-state index is -0.573. The number of rotatable bonds is 4. The molecular weight excluding hydrogens is 216 g/mol. The molecule has 0 fully saturated rings. The Morgan fingerprint density at radius 1 is 1.65 bits per heavy atom. The van der Waals surface area contributed by atoms with Gasteiger partial charge in [-0.25, -0.2) is 0 Å². The van der Waals surface area contributed by atoms with Gasteiger partial charge in [-0.15, -0.1) is 0 Å². The van der Waals surface area contributed by atoms with Crippen LogP contribution in [0.15, 0.2) is 58.8 Å². The van der Waals surface area contributed by atoms with Crippen molar-refractivity contribution in [2.45, 2.75) is 12.0 Å². The monoisotopic (exact) mass is 230 g/mol. The normalized spacial score (nSPS) is 23.2. The van der Waals surface area contributed by atoms with E-state index in [1.54, 1.807) is 13.4 Å². The van der Waals surface area contributed by atoms with E-state index >= 15 is 0 Å². The van der Waals surface area contributed by atoms with E-state index < -0.39 is 5.60 Å². The second-order valence-electron chi connectivity index (χ2n) is 3.91. The maximum atomic E-state index is 10.6. The third-order valence-corrected chi connectivity index (χ3v) is 2.97. The van der Waals surface area contributed by atoms with Crippen molar-refractivity contribution in [1.82, 2.24) is 0 Å². The van der Waals surface area contributed by atoms with Crippen LogP contribution in [-0.2, 0) is 15.1 Å². The van der Waals surface area contributed by atoms with Crippen molar-refractivity contribution < 1.29 is 13.9 Å². The Morgan fingerprint density at radius 2 is 2.47 bits per heavy atom. The van der Waals surface area contributed by atoms with Crippen LogP contribution in [0.2, 0.25) is 0 Å².